The van der Waals surface area contributed by atoms with Crippen molar-refractivity contribution >= 4 is 11.8 Å². The number of rotatable bonds is 5. The van der Waals surface area contributed by atoms with Crippen molar-refractivity contribution < 1.29 is 18.7 Å². The van der Waals surface area contributed by atoms with Crippen molar-refractivity contribution in [1.29, 1.82) is 0 Å². The van der Waals surface area contributed by atoms with E-state index in [1.807, 2.05) is 41.0 Å². The van der Waals surface area contributed by atoms with E-state index in [2.05, 4.69) is 0 Å². The van der Waals surface area contributed by atoms with Gasteiger partial charge in [-0.3, -0.25) is 9.59 Å². The number of furan rings is 1. The number of hydrogen-bond acceptors (Lipinski definition) is 4. The Morgan fingerprint density at radius 3 is 2.75 bits per heavy atom. The van der Waals surface area contributed by atoms with E-state index >= 15 is 0 Å². The first kappa shape index (κ1) is 18.6. The van der Waals surface area contributed by atoms with Crippen LogP contribution in [0.1, 0.15) is 47.4 Å². The molecule has 6 nitrogen and oxygen atoms in total. The van der Waals surface area contributed by atoms with Crippen molar-refractivity contribution in [1.82, 2.24) is 9.80 Å². The second kappa shape index (κ2) is 8.09. The Balaban J connectivity index is 1.41. The SMILES string of the molecule is Cc1ccc(OCc2occc2C(=O)N2CCCC(N3CCCC3=O)C2)cc1. The largest absolute Gasteiger partial charge is 0.486 e. The van der Waals surface area contributed by atoms with Gasteiger partial charge in [0.15, 0.2) is 5.76 Å². The van der Waals surface area contributed by atoms with Gasteiger partial charge >= 0.3 is 0 Å². The Labute approximate surface area is 165 Å². The number of nitrogens with zero attached hydrogens (tertiary/aromatic N) is 2. The number of ether oxygens (including phenoxy) is 1. The van der Waals surface area contributed by atoms with E-state index in [0.717, 1.165) is 37.1 Å². The minimum atomic E-state index is -0.0485. The molecule has 0 N–H and O–H groups in total. The van der Waals surface area contributed by atoms with Gasteiger partial charge in [0.25, 0.3) is 5.91 Å². The minimum Gasteiger partial charge on any atom is -0.486 e. The Morgan fingerprint density at radius 2 is 2.00 bits per heavy atom. The number of benzene rings is 1. The zero-order valence-corrected chi connectivity index (χ0v) is 16.2. The molecule has 0 bridgehead atoms. The summed E-state index contributed by atoms with van der Waals surface area (Å²) in [5, 5.41) is 0. The highest BCUT2D eigenvalue weighted by atomic mass is 16.5. The molecule has 2 aromatic rings. The molecule has 4 rings (SSSR count). The number of likely N-dealkylation sites (tertiary alicyclic amines) is 2. The second-order valence-electron chi connectivity index (χ2n) is 7.60. The number of hydrogen-bond donors (Lipinski definition) is 0. The van der Waals surface area contributed by atoms with Crippen LogP contribution in [0.4, 0.5) is 0 Å². The lowest BCUT2D eigenvalue weighted by atomic mass is 10.0. The highest BCUT2D eigenvalue weighted by Gasteiger charge is 2.33. The van der Waals surface area contributed by atoms with Gasteiger partial charge < -0.3 is 19.0 Å². The Bertz CT molecular complexity index is 842. The highest BCUT2D eigenvalue weighted by molar-refractivity contribution is 5.95. The zero-order chi connectivity index (χ0) is 19.5. The minimum absolute atomic E-state index is 0.0485. The number of carbonyl (C=O) groups is 2. The van der Waals surface area contributed by atoms with Crippen LogP contribution in [0.15, 0.2) is 41.0 Å². The third-order valence-corrected chi connectivity index (χ3v) is 5.60. The highest BCUT2D eigenvalue weighted by Crippen LogP contribution is 2.24. The lowest BCUT2D eigenvalue weighted by molar-refractivity contribution is -0.130. The molecule has 6 heteroatoms. The molecule has 3 heterocycles. The Morgan fingerprint density at radius 1 is 1.18 bits per heavy atom. The van der Waals surface area contributed by atoms with Crippen molar-refractivity contribution in [3.05, 3.63) is 53.5 Å². The van der Waals surface area contributed by atoms with Crippen LogP contribution in [0.2, 0.25) is 0 Å². The second-order valence-corrected chi connectivity index (χ2v) is 7.60. The van der Waals surface area contributed by atoms with Crippen LogP contribution in [-0.2, 0) is 11.4 Å². The lowest BCUT2D eigenvalue weighted by Gasteiger charge is -2.37. The van der Waals surface area contributed by atoms with E-state index in [0.29, 0.717) is 30.8 Å². The maximum Gasteiger partial charge on any atom is 0.257 e. The van der Waals surface area contributed by atoms with Crippen molar-refractivity contribution in [2.45, 2.75) is 45.3 Å². The molecule has 0 radical (unpaired) electrons. The van der Waals surface area contributed by atoms with Gasteiger partial charge in [-0.05, 0) is 44.4 Å². The fourth-order valence-electron chi connectivity index (χ4n) is 4.05. The van der Waals surface area contributed by atoms with Crippen molar-refractivity contribution in [2.24, 2.45) is 0 Å². The van der Waals surface area contributed by atoms with E-state index < -0.39 is 0 Å². The van der Waals surface area contributed by atoms with Crippen LogP contribution in [0.25, 0.3) is 0 Å². The molecule has 1 unspecified atom stereocenters. The van der Waals surface area contributed by atoms with Crippen molar-refractivity contribution in [2.75, 3.05) is 19.6 Å². The fourth-order valence-corrected chi connectivity index (χ4v) is 4.05. The van der Waals surface area contributed by atoms with Crippen LogP contribution in [0, 0.1) is 6.92 Å². The molecule has 2 fully saturated rings. The molecule has 2 amide bonds. The molecule has 1 aromatic carbocycles. The van der Waals surface area contributed by atoms with E-state index in [4.69, 9.17) is 9.15 Å². The van der Waals surface area contributed by atoms with Crippen LogP contribution >= 0.6 is 0 Å². The number of amides is 2. The summed E-state index contributed by atoms with van der Waals surface area (Å²) in [5.74, 6) is 1.44. The van der Waals surface area contributed by atoms with Crippen molar-refractivity contribution in [3.63, 3.8) is 0 Å². The van der Waals surface area contributed by atoms with Crippen LogP contribution in [0.3, 0.4) is 0 Å². The third-order valence-electron chi connectivity index (χ3n) is 5.60. The third kappa shape index (κ3) is 3.91. The summed E-state index contributed by atoms with van der Waals surface area (Å²) in [4.78, 5) is 29.0. The van der Waals surface area contributed by atoms with Gasteiger partial charge in [0.05, 0.1) is 11.8 Å². The van der Waals surface area contributed by atoms with E-state index in [9.17, 15) is 9.59 Å². The van der Waals surface area contributed by atoms with Gasteiger partial charge in [-0.15, -0.1) is 0 Å². The zero-order valence-electron chi connectivity index (χ0n) is 16.2. The van der Waals surface area contributed by atoms with E-state index in [1.54, 1.807) is 6.07 Å². The molecule has 28 heavy (non-hydrogen) atoms. The molecule has 1 aromatic heterocycles. The maximum absolute atomic E-state index is 13.1. The van der Waals surface area contributed by atoms with E-state index in [1.165, 1.54) is 6.26 Å². The molecule has 2 aliphatic heterocycles. The van der Waals surface area contributed by atoms with Gasteiger partial charge in [-0.1, -0.05) is 17.7 Å². The molecule has 2 saturated heterocycles. The molecule has 0 saturated carbocycles. The van der Waals surface area contributed by atoms with Crippen LogP contribution in [0.5, 0.6) is 5.75 Å². The molecule has 0 spiro atoms. The Kier molecular flexibility index (Phi) is 5.37. The van der Waals surface area contributed by atoms with Gasteiger partial charge in [-0.2, -0.15) is 0 Å². The standard InChI is InChI=1S/C22H26N2O4/c1-16-6-8-18(9-7-16)28-15-20-19(10-13-27-20)22(26)23-11-2-4-17(14-23)24-12-3-5-21(24)25/h6-10,13,17H,2-5,11-12,14-15H2,1H3. The predicted molar refractivity (Wildman–Crippen MR) is 104 cm³/mol. The number of aryl methyl sites for hydroxylation is 1. The number of piperidine rings is 1. The Hall–Kier alpha value is -2.76. The monoisotopic (exact) mass is 382 g/mol. The van der Waals surface area contributed by atoms with Crippen LogP contribution in [-0.4, -0.2) is 47.3 Å². The number of carbonyl (C=O) groups excluding carboxylic acids is 2. The van der Waals surface area contributed by atoms with Gasteiger partial charge in [0.1, 0.15) is 12.4 Å². The molecule has 0 aliphatic carbocycles. The fraction of sp³-hybridized carbons (Fsp3) is 0.455. The molecular weight excluding hydrogens is 356 g/mol. The summed E-state index contributed by atoms with van der Waals surface area (Å²) in [6, 6.07) is 9.62. The average molecular weight is 382 g/mol. The van der Waals surface area contributed by atoms with Gasteiger partial charge in [0.2, 0.25) is 5.91 Å². The van der Waals surface area contributed by atoms with Gasteiger partial charge in [-0.25, -0.2) is 0 Å². The molecule has 148 valence electrons. The first-order valence-electron chi connectivity index (χ1n) is 9.96. The smallest absolute Gasteiger partial charge is 0.257 e. The van der Waals surface area contributed by atoms with Gasteiger partial charge in [0, 0.05) is 32.1 Å². The quantitative estimate of drug-likeness (QED) is 0.795. The summed E-state index contributed by atoms with van der Waals surface area (Å²) in [7, 11) is 0. The van der Waals surface area contributed by atoms with Crippen LogP contribution < -0.4 is 4.74 Å². The molecule has 2 aliphatic rings. The molecular formula is C22H26N2O4. The first-order valence-corrected chi connectivity index (χ1v) is 9.96. The first-order chi connectivity index (χ1) is 13.6. The van der Waals surface area contributed by atoms with Crippen molar-refractivity contribution in [3.8, 4) is 5.75 Å². The predicted octanol–water partition coefficient (Wildman–Crippen LogP) is 3.39. The topological polar surface area (TPSA) is 63.0 Å². The average Bonchev–Trinajstić information content (AvgIpc) is 3.36. The lowest BCUT2D eigenvalue weighted by Crippen LogP contribution is -2.50. The maximum atomic E-state index is 13.1. The summed E-state index contributed by atoms with van der Waals surface area (Å²) < 4.78 is 11.3. The van der Waals surface area contributed by atoms with E-state index in [-0.39, 0.29) is 24.5 Å². The normalized spacial score (nSPS) is 19.9. The summed E-state index contributed by atoms with van der Waals surface area (Å²) in [6.45, 7) is 4.34. The summed E-state index contributed by atoms with van der Waals surface area (Å²) >= 11 is 0. The molecule has 1 atom stereocenters. The summed E-state index contributed by atoms with van der Waals surface area (Å²) in [6.07, 6.45) is 4.96. The summed E-state index contributed by atoms with van der Waals surface area (Å²) in [5.41, 5.74) is 1.71.